The highest BCUT2D eigenvalue weighted by Gasteiger charge is 2.11. The van der Waals surface area contributed by atoms with Crippen LogP contribution in [-0.2, 0) is 10.1 Å². The van der Waals surface area contributed by atoms with Crippen LogP contribution in [0.25, 0.3) is 0 Å². The zero-order chi connectivity index (χ0) is 11.2. The van der Waals surface area contributed by atoms with Crippen molar-refractivity contribution in [2.45, 2.75) is 26.3 Å². The van der Waals surface area contributed by atoms with E-state index >= 15 is 0 Å². The van der Waals surface area contributed by atoms with Gasteiger partial charge in [0.25, 0.3) is 10.1 Å². The molecule has 0 bridgehead atoms. The molecule has 0 aromatic rings. The second-order valence-electron chi connectivity index (χ2n) is 3.63. The van der Waals surface area contributed by atoms with E-state index in [1.807, 2.05) is 13.8 Å². The molecule has 0 aromatic heterocycles. The van der Waals surface area contributed by atoms with Crippen LogP contribution in [0, 0.1) is 5.92 Å². The molecule has 0 aliphatic carbocycles. The predicted octanol–water partition coefficient (Wildman–Crippen LogP) is -0.129. The monoisotopic (exact) mass is 225 g/mol. The quantitative estimate of drug-likeness (QED) is 0.415. The second-order valence-corrected chi connectivity index (χ2v) is 5.20. The Morgan fingerprint density at radius 1 is 1.36 bits per heavy atom. The van der Waals surface area contributed by atoms with Crippen LogP contribution in [0.2, 0.25) is 0 Å². The van der Waals surface area contributed by atoms with Gasteiger partial charge in [0.1, 0.15) is 0 Å². The van der Waals surface area contributed by atoms with Gasteiger partial charge in [0.2, 0.25) is 0 Å². The van der Waals surface area contributed by atoms with Crippen LogP contribution >= 0.6 is 0 Å². The van der Waals surface area contributed by atoms with Crippen molar-refractivity contribution in [2.24, 2.45) is 5.92 Å². The fourth-order valence-corrected chi connectivity index (χ4v) is 1.56. The van der Waals surface area contributed by atoms with Crippen LogP contribution in [0.3, 0.4) is 0 Å². The first-order chi connectivity index (χ1) is 6.37. The molecule has 14 heavy (non-hydrogen) atoms. The summed E-state index contributed by atoms with van der Waals surface area (Å²) in [5.41, 5.74) is 0. The summed E-state index contributed by atoms with van der Waals surface area (Å²) in [5, 5.41) is 11.9. The first kappa shape index (κ1) is 13.8. The van der Waals surface area contributed by atoms with Crippen LogP contribution in [0.1, 0.15) is 20.3 Å². The molecular weight excluding hydrogens is 206 g/mol. The average Bonchev–Trinajstić information content (AvgIpc) is 2.01. The first-order valence-electron chi connectivity index (χ1n) is 4.66. The molecule has 0 aliphatic rings. The fraction of sp³-hybridized carbons (Fsp3) is 1.00. The van der Waals surface area contributed by atoms with Crippen molar-refractivity contribution in [3.05, 3.63) is 0 Å². The number of hydrogen-bond donors (Lipinski definition) is 3. The van der Waals surface area contributed by atoms with E-state index in [4.69, 9.17) is 9.66 Å². The maximum atomic E-state index is 10.4. The fourth-order valence-electron chi connectivity index (χ4n) is 1.05. The molecule has 3 N–H and O–H groups in total. The second kappa shape index (κ2) is 6.34. The molecule has 0 heterocycles. The normalized spacial score (nSPS) is 14.6. The summed E-state index contributed by atoms with van der Waals surface area (Å²) in [7, 11) is -3.85. The maximum absolute atomic E-state index is 10.4. The zero-order valence-electron chi connectivity index (χ0n) is 8.60. The molecule has 0 rings (SSSR count). The van der Waals surface area contributed by atoms with E-state index in [-0.39, 0.29) is 18.4 Å². The summed E-state index contributed by atoms with van der Waals surface area (Å²) in [5.74, 6) is 0.0571. The lowest BCUT2D eigenvalue weighted by molar-refractivity contribution is 0.211. The van der Waals surface area contributed by atoms with Gasteiger partial charge in [-0.3, -0.25) is 4.55 Å². The lowest BCUT2D eigenvalue weighted by Crippen LogP contribution is -2.38. The van der Waals surface area contributed by atoms with Crippen LogP contribution in [0.5, 0.6) is 0 Å². The van der Waals surface area contributed by atoms with E-state index in [9.17, 15) is 8.42 Å². The Balaban J connectivity index is 3.63. The predicted molar refractivity (Wildman–Crippen MR) is 54.7 cm³/mol. The van der Waals surface area contributed by atoms with E-state index in [2.05, 4.69) is 5.32 Å². The van der Waals surface area contributed by atoms with Gasteiger partial charge in [0.05, 0.1) is 12.4 Å². The van der Waals surface area contributed by atoms with E-state index in [0.29, 0.717) is 18.9 Å². The Hall–Kier alpha value is -0.170. The van der Waals surface area contributed by atoms with Gasteiger partial charge in [0, 0.05) is 6.04 Å². The van der Waals surface area contributed by atoms with Gasteiger partial charge in [-0.15, -0.1) is 0 Å². The topological polar surface area (TPSA) is 86.6 Å². The molecule has 86 valence electrons. The third kappa shape index (κ3) is 7.25. The molecule has 0 radical (unpaired) electrons. The van der Waals surface area contributed by atoms with Crippen LogP contribution in [-0.4, -0.2) is 43.0 Å². The molecule has 1 atom stereocenters. The highest BCUT2D eigenvalue weighted by atomic mass is 32.2. The Kier molecular flexibility index (Phi) is 6.26. The molecule has 0 amide bonds. The average molecular weight is 225 g/mol. The third-order valence-corrected chi connectivity index (χ3v) is 2.79. The number of nitrogens with one attached hydrogen (secondary N) is 1. The molecular formula is C8H19NO4S. The SMILES string of the molecule is CC(C)[C@H](CO)NCCCS(=O)(=O)O. The molecule has 6 heteroatoms. The summed E-state index contributed by atoms with van der Waals surface area (Å²) in [6.07, 6.45) is 0.349. The largest absolute Gasteiger partial charge is 0.395 e. The summed E-state index contributed by atoms with van der Waals surface area (Å²) in [6.45, 7) is 4.44. The Morgan fingerprint density at radius 2 is 1.93 bits per heavy atom. The highest BCUT2D eigenvalue weighted by Crippen LogP contribution is 2.00. The standard InChI is InChI=1S/C8H19NO4S/c1-7(2)8(6-10)9-4-3-5-14(11,12)13/h7-10H,3-6H2,1-2H3,(H,11,12,13)/t8-/m0/s1. The van der Waals surface area contributed by atoms with Gasteiger partial charge < -0.3 is 10.4 Å². The molecule has 0 fully saturated rings. The maximum Gasteiger partial charge on any atom is 0.264 e. The van der Waals surface area contributed by atoms with Gasteiger partial charge in [-0.2, -0.15) is 8.42 Å². The van der Waals surface area contributed by atoms with Crippen molar-refractivity contribution < 1.29 is 18.1 Å². The third-order valence-electron chi connectivity index (χ3n) is 1.99. The van der Waals surface area contributed by atoms with Gasteiger partial charge in [-0.05, 0) is 18.9 Å². The van der Waals surface area contributed by atoms with Crippen molar-refractivity contribution >= 4 is 10.1 Å². The number of aliphatic hydroxyl groups is 1. The number of aliphatic hydroxyl groups excluding tert-OH is 1. The highest BCUT2D eigenvalue weighted by molar-refractivity contribution is 7.85. The Bertz CT molecular complexity index is 238. The van der Waals surface area contributed by atoms with Crippen LogP contribution in [0.4, 0.5) is 0 Å². The smallest absolute Gasteiger partial charge is 0.264 e. The Labute approximate surface area is 85.3 Å². The molecule has 0 unspecified atom stereocenters. The molecule has 5 nitrogen and oxygen atoms in total. The van der Waals surface area contributed by atoms with Crippen LogP contribution in [0.15, 0.2) is 0 Å². The molecule has 0 aliphatic heterocycles. The van der Waals surface area contributed by atoms with Gasteiger partial charge >= 0.3 is 0 Å². The van der Waals surface area contributed by atoms with Crippen molar-refractivity contribution in [3.8, 4) is 0 Å². The van der Waals surface area contributed by atoms with Crippen molar-refractivity contribution in [3.63, 3.8) is 0 Å². The van der Waals surface area contributed by atoms with E-state index in [0.717, 1.165) is 0 Å². The van der Waals surface area contributed by atoms with Crippen molar-refractivity contribution in [1.29, 1.82) is 0 Å². The zero-order valence-corrected chi connectivity index (χ0v) is 9.42. The summed E-state index contributed by atoms with van der Waals surface area (Å²) in [4.78, 5) is 0. The number of hydrogen-bond acceptors (Lipinski definition) is 4. The first-order valence-corrected chi connectivity index (χ1v) is 6.27. The van der Waals surface area contributed by atoms with E-state index in [1.54, 1.807) is 0 Å². The summed E-state index contributed by atoms with van der Waals surface area (Å²) in [6, 6.07) is -0.0172. The molecule has 0 spiro atoms. The minimum atomic E-state index is -3.85. The van der Waals surface area contributed by atoms with Gasteiger partial charge in [-0.25, -0.2) is 0 Å². The van der Waals surface area contributed by atoms with Crippen LogP contribution < -0.4 is 5.32 Å². The molecule has 0 saturated heterocycles. The lowest BCUT2D eigenvalue weighted by Gasteiger charge is -2.19. The van der Waals surface area contributed by atoms with Crippen molar-refractivity contribution in [1.82, 2.24) is 5.32 Å². The number of rotatable bonds is 7. The Morgan fingerprint density at radius 3 is 2.29 bits per heavy atom. The van der Waals surface area contributed by atoms with Gasteiger partial charge in [-0.1, -0.05) is 13.8 Å². The summed E-state index contributed by atoms with van der Waals surface area (Å²) >= 11 is 0. The van der Waals surface area contributed by atoms with Gasteiger partial charge in [0.15, 0.2) is 0 Å². The van der Waals surface area contributed by atoms with E-state index < -0.39 is 10.1 Å². The molecule has 0 aromatic carbocycles. The van der Waals surface area contributed by atoms with Crippen molar-refractivity contribution in [2.75, 3.05) is 18.9 Å². The van der Waals surface area contributed by atoms with E-state index in [1.165, 1.54) is 0 Å². The summed E-state index contributed by atoms with van der Waals surface area (Å²) < 4.78 is 29.2. The molecule has 0 saturated carbocycles. The minimum Gasteiger partial charge on any atom is -0.395 e. The lowest BCUT2D eigenvalue weighted by atomic mass is 10.1. The minimum absolute atomic E-state index is 0.0172.